The summed E-state index contributed by atoms with van der Waals surface area (Å²) in [6, 6.07) is 12.0. The van der Waals surface area contributed by atoms with Crippen LogP contribution in [0.1, 0.15) is 0 Å². The van der Waals surface area contributed by atoms with Crippen LogP contribution in [-0.4, -0.2) is 63.8 Å². The van der Waals surface area contributed by atoms with Crippen molar-refractivity contribution in [3.05, 3.63) is 46.4 Å². The number of halogens is 2. The SMILES string of the molecule is Clc1ccc2c(c1)c1cc(Cl)ccc1n2CC1CN2CC[O][Ge]([O]CC2)[O]1. The van der Waals surface area contributed by atoms with Gasteiger partial charge in [-0.05, 0) is 0 Å². The van der Waals surface area contributed by atoms with Gasteiger partial charge in [-0.25, -0.2) is 0 Å². The molecular weight excluding hydrogens is 448 g/mol. The molecule has 141 valence electrons. The van der Waals surface area contributed by atoms with Crippen LogP contribution in [-0.2, 0) is 17.8 Å². The molecule has 3 aromatic rings. The van der Waals surface area contributed by atoms with Crippen LogP contribution in [0, 0.1) is 0 Å². The van der Waals surface area contributed by atoms with E-state index in [4.69, 9.17) is 34.5 Å². The van der Waals surface area contributed by atoms with E-state index < -0.39 is 15.4 Å². The van der Waals surface area contributed by atoms with Crippen molar-refractivity contribution in [3.8, 4) is 0 Å². The molecule has 3 aliphatic heterocycles. The van der Waals surface area contributed by atoms with Gasteiger partial charge in [-0.15, -0.1) is 0 Å². The van der Waals surface area contributed by atoms with Crippen LogP contribution in [0.4, 0.5) is 0 Å². The van der Waals surface area contributed by atoms with Crippen LogP contribution in [0.3, 0.4) is 0 Å². The molecule has 2 bridgehead atoms. The molecule has 0 spiro atoms. The molecular formula is C19H19Cl2GeN2O3. The molecule has 5 nitrogen and oxygen atoms in total. The number of fused-ring (bicyclic) bond motifs is 9. The summed E-state index contributed by atoms with van der Waals surface area (Å²) in [5, 5.41) is 3.66. The number of nitrogens with zero attached hydrogens (tertiary/aromatic N) is 2. The van der Waals surface area contributed by atoms with Gasteiger partial charge in [-0.3, -0.25) is 0 Å². The summed E-state index contributed by atoms with van der Waals surface area (Å²) in [7, 11) is 0. The van der Waals surface area contributed by atoms with Gasteiger partial charge in [0.05, 0.1) is 0 Å². The maximum absolute atomic E-state index is 6.29. The Morgan fingerprint density at radius 2 is 1.52 bits per heavy atom. The third-order valence-corrected chi connectivity index (χ3v) is 8.57. The molecule has 3 saturated heterocycles. The fourth-order valence-electron chi connectivity index (χ4n) is 3.93. The Kier molecular flexibility index (Phi) is 5.11. The zero-order chi connectivity index (χ0) is 18.4. The Morgan fingerprint density at radius 3 is 2.11 bits per heavy atom. The molecule has 0 saturated carbocycles. The van der Waals surface area contributed by atoms with Gasteiger partial charge in [0.2, 0.25) is 0 Å². The van der Waals surface area contributed by atoms with Gasteiger partial charge < -0.3 is 0 Å². The molecule has 4 heterocycles. The first kappa shape index (κ1) is 18.2. The number of rotatable bonds is 2. The molecule has 0 amide bonds. The predicted octanol–water partition coefficient (Wildman–Crippen LogP) is 3.83. The number of aromatic nitrogens is 1. The van der Waals surface area contributed by atoms with E-state index in [1.54, 1.807) is 0 Å². The number of hydrogen-bond donors (Lipinski definition) is 0. The first-order chi connectivity index (χ1) is 13.2. The van der Waals surface area contributed by atoms with Crippen LogP contribution in [0.2, 0.25) is 10.0 Å². The van der Waals surface area contributed by atoms with Gasteiger partial charge in [0.1, 0.15) is 0 Å². The van der Waals surface area contributed by atoms with E-state index in [-0.39, 0.29) is 6.10 Å². The molecule has 27 heavy (non-hydrogen) atoms. The van der Waals surface area contributed by atoms with Gasteiger partial charge in [0.15, 0.2) is 0 Å². The second kappa shape index (κ2) is 7.56. The number of benzene rings is 2. The standard InChI is InChI=1S/C19H19Cl2GeN2O3/c20-13-1-3-18-16(9-13)17-10-14(21)2-4-19(17)24(18)12-15-11-23-5-7-25-22(27-15)26-8-6-23/h1-4,9-10,15H,5-8,11-12H2. The van der Waals surface area contributed by atoms with Crippen molar-refractivity contribution in [1.29, 1.82) is 0 Å². The van der Waals surface area contributed by atoms with Crippen molar-refractivity contribution in [2.24, 2.45) is 0 Å². The fourth-order valence-corrected chi connectivity index (χ4v) is 6.70. The molecule has 1 unspecified atom stereocenters. The Bertz CT molecular complexity index is 913. The van der Waals surface area contributed by atoms with Crippen molar-refractivity contribution in [2.45, 2.75) is 12.6 Å². The van der Waals surface area contributed by atoms with E-state index in [0.717, 1.165) is 58.0 Å². The van der Waals surface area contributed by atoms with Gasteiger partial charge in [-0.1, -0.05) is 0 Å². The minimum absolute atomic E-state index is 0.0331. The van der Waals surface area contributed by atoms with Crippen molar-refractivity contribution >= 4 is 60.4 Å². The van der Waals surface area contributed by atoms with Gasteiger partial charge in [0.25, 0.3) is 0 Å². The normalized spacial score (nSPS) is 24.2. The average molecular weight is 467 g/mol. The van der Waals surface area contributed by atoms with Crippen molar-refractivity contribution in [3.63, 3.8) is 0 Å². The fraction of sp³-hybridized carbons (Fsp3) is 0.368. The van der Waals surface area contributed by atoms with E-state index >= 15 is 0 Å². The average Bonchev–Trinajstić information content (AvgIpc) is 2.88. The molecule has 1 radical (unpaired) electrons. The van der Waals surface area contributed by atoms with E-state index in [1.165, 1.54) is 0 Å². The quantitative estimate of drug-likeness (QED) is 0.538. The Labute approximate surface area is 172 Å². The van der Waals surface area contributed by atoms with Crippen LogP contribution in [0.25, 0.3) is 21.8 Å². The van der Waals surface area contributed by atoms with Crippen LogP contribution < -0.4 is 0 Å². The van der Waals surface area contributed by atoms with E-state index in [2.05, 4.69) is 21.6 Å². The summed E-state index contributed by atoms with van der Waals surface area (Å²) < 4.78 is 20.3. The summed E-state index contributed by atoms with van der Waals surface area (Å²) in [5.74, 6) is 0. The summed E-state index contributed by atoms with van der Waals surface area (Å²) in [4.78, 5) is 2.36. The van der Waals surface area contributed by atoms with Crippen molar-refractivity contribution in [2.75, 3.05) is 32.8 Å². The summed E-state index contributed by atoms with van der Waals surface area (Å²) >= 11 is 10.2. The molecule has 1 atom stereocenters. The summed E-state index contributed by atoms with van der Waals surface area (Å²) in [6.45, 7) is 4.92. The predicted molar refractivity (Wildman–Crippen MR) is 108 cm³/mol. The maximum atomic E-state index is 6.29. The van der Waals surface area contributed by atoms with Gasteiger partial charge in [0, 0.05) is 0 Å². The Morgan fingerprint density at radius 1 is 0.926 bits per heavy atom. The first-order valence-electron chi connectivity index (χ1n) is 9.06. The second-order valence-electron chi connectivity index (χ2n) is 6.92. The van der Waals surface area contributed by atoms with Crippen molar-refractivity contribution < 1.29 is 11.3 Å². The molecule has 8 heteroatoms. The van der Waals surface area contributed by atoms with E-state index in [9.17, 15) is 0 Å². The Balaban J connectivity index is 1.57. The zero-order valence-electron chi connectivity index (χ0n) is 14.7. The summed E-state index contributed by atoms with van der Waals surface area (Å²) in [5.41, 5.74) is 2.27. The second-order valence-corrected chi connectivity index (χ2v) is 10.5. The molecule has 3 fully saturated rings. The number of hydrogen-bond acceptors (Lipinski definition) is 4. The minimum atomic E-state index is -2.36. The molecule has 0 aliphatic carbocycles. The molecule has 1 aromatic heterocycles. The monoisotopic (exact) mass is 467 g/mol. The first-order valence-corrected chi connectivity index (χ1v) is 12.4. The summed E-state index contributed by atoms with van der Waals surface area (Å²) in [6.07, 6.45) is 0.0331. The van der Waals surface area contributed by atoms with Crippen LogP contribution in [0.5, 0.6) is 0 Å². The molecule has 6 rings (SSSR count). The third-order valence-electron chi connectivity index (χ3n) is 5.15. The van der Waals surface area contributed by atoms with E-state index in [0.29, 0.717) is 13.2 Å². The Hall–Kier alpha value is -0.797. The van der Waals surface area contributed by atoms with Crippen LogP contribution >= 0.6 is 23.2 Å². The third kappa shape index (κ3) is 3.62. The molecule has 2 aromatic carbocycles. The molecule has 0 N–H and O–H groups in total. The van der Waals surface area contributed by atoms with Gasteiger partial charge >= 0.3 is 173 Å². The topological polar surface area (TPSA) is 35.9 Å². The van der Waals surface area contributed by atoms with Crippen molar-refractivity contribution in [1.82, 2.24) is 9.47 Å². The van der Waals surface area contributed by atoms with E-state index in [1.807, 2.05) is 24.3 Å². The zero-order valence-corrected chi connectivity index (χ0v) is 18.3. The van der Waals surface area contributed by atoms with Gasteiger partial charge in [-0.2, -0.15) is 0 Å². The van der Waals surface area contributed by atoms with Crippen LogP contribution in [0.15, 0.2) is 36.4 Å². The molecule has 3 aliphatic rings.